The molecule has 0 aliphatic carbocycles. The standard InChI is InChI=1S/C15H17NO/c1-2-6-14-9-15(11-16-10-14)17-12-13-7-4-3-5-8-13/h3-5,7-11H,2,6,12H2,1H3. The number of hydrogen-bond donors (Lipinski definition) is 0. The molecule has 1 aromatic heterocycles. The fraction of sp³-hybridized carbons (Fsp3) is 0.267. The smallest absolute Gasteiger partial charge is 0.138 e. The SMILES string of the molecule is CCCc1cncc(OCc2ccccc2)c1. The molecular formula is C15H17NO. The highest BCUT2D eigenvalue weighted by Gasteiger charge is 1.98. The highest BCUT2D eigenvalue weighted by Crippen LogP contribution is 2.14. The Morgan fingerprint density at radius 2 is 1.88 bits per heavy atom. The van der Waals surface area contributed by atoms with Crippen molar-refractivity contribution in [1.29, 1.82) is 0 Å². The van der Waals surface area contributed by atoms with Crippen LogP contribution in [0, 0.1) is 0 Å². The molecule has 0 radical (unpaired) electrons. The van der Waals surface area contributed by atoms with Crippen molar-refractivity contribution in [3.05, 3.63) is 59.9 Å². The van der Waals surface area contributed by atoms with Gasteiger partial charge < -0.3 is 4.74 Å². The molecule has 2 rings (SSSR count). The van der Waals surface area contributed by atoms with Crippen LogP contribution in [0.25, 0.3) is 0 Å². The van der Waals surface area contributed by atoms with Crippen molar-refractivity contribution in [2.24, 2.45) is 0 Å². The van der Waals surface area contributed by atoms with Gasteiger partial charge >= 0.3 is 0 Å². The van der Waals surface area contributed by atoms with Gasteiger partial charge in [-0.1, -0.05) is 43.7 Å². The molecule has 0 amide bonds. The Kier molecular flexibility index (Phi) is 4.14. The normalized spacial score (nSPS) is 10.2. The molecular weight excluding hydrogens is 210 g/mol. The molecule has 2 heteroatoms. The first-order chi connectivity index (χ1) is 8.38. The molecule has 0 atom stereocenters. The van der Waals surface area contributed by atoms with Crippen molar-refractivity contribution in [2.45, 2.75) is 26.4 Å². The Labute approximate surface area is 102 Å². The minimum Gasteiger partial charge on any atom is -0.487 e. The molecule has 0 aliphatic rings. The zero-order valence-electron chi connectivity index (χ0n) is 10.1. The summed E-state index contributed by atoms with van der Waals surface area (Å²) in [5, 5.41) is 0. The summed E-state index contributed by atoms with van der Waals surface area (Å²) in [5.41, 5.74) is 2.41. The first-order valence-electron chi connectivity index (χ1n) is 5.99. The van der Waals surface area contributed by atoms with Crippen LogP contribution in [0.3, 0.4) is 0 Å². The number of nitrogens with zero attached hydrogens (tertiary/aromatic N) is 1. The van der Waals surface area contributed by atoms with E-state index in [-0.39, 0.29) is 0 Å². The Hall–Kier alpha value is -1.83. The minimum atomic E-state index is 0.595. The first-order valence-corrected chi connectivity index (χ1v) is 5.99. The molecule has 0 unspecified atom stereocenters. The lowest BCUT2D eigenvalue weighted by Gasteiger charge is -2.07. The number of benzene rings is 1. The van der Waals surface area contributed by atoms with Crippen LogP contribution in [-0.2, 0) is 13.0 Å². The van der Waals surface area contributed by atoms with Crippen LogP contribution in [0.15, 0.2) is 48.8 Å². The molecule has 2 aromatic rings. The third-order valence-electron chi connectivity index (χ3n) is 2.56. The van der Waals surface area contributed by atoms with Crippen LogP contribution in [0.4, 0.5) is 0 Å². The summed E-state index contributed by atoms with van der Waals surface area (Å²) in [5.74, 6) is 0.847. The van der Waals surface area contributed by atoms with Gasteiger partial charge in [0.1, 0.15) is 12.4 Å². The Balaban J connectivity index is 1.97. The van der Waals surface area contributed by atoms with E-state index in [0.717, 1.165) is 18.6 Å². The van der Waals surface area contributed by atoms with Crippen LogP contribution in [0.1, 0.15) is 24.5 Å². The van der Waals surface area contributed by atoms with Gasteiger partial charge in [0.15, 0.2) is 0 Å². The molecule has 0 saturated carbocycles. The molecule has 0 fully saturated rings. The summed E-state index contributed by atoms with van der Waals surface area (Å²) >= 11 is 0. The average molecular weight is 227 g/mol. The molecule has 17 heavy (non-hydrogen) atoms. The average Bonchev–Trinajstić information content (AvgIpc) is 2.39. The number of pyridine rings is 1. The molecule has 2 nitrogen and oxygen atoms in total. The maximum atomic E-state index is 5.72. The zero-order valence-corrected chi connectivity index (χ0v) is 10.1. The maximum Gasteiger partial charge on any atom is 0.138 e. The van der Waals surface area contributed by atoms with Crippen molar-refractivity contribution in [2.75, 3.05) is 0 Å². The van der Waals surface area contributed by atoms with E-state index >= 15 is 0 Å². The highest BCUT2D eigenvalue weighted by molar-refractivity contribution is 5.24. The van der Waals surface area contributed by atoms with Crippen molar-refractivity contribution >= 4 is 0 Å². The zero-order chi connectivity index (χ0) is 11.9. The second-order valence-corrected chi connectivity index (χ2v) is 4.05. The molecule has 0 N–H and O–H groups in total. The summed E-state index contributed by atoms with van der Waals surface area (Å²) in [6, 6.07) is 12.2. The summed E-state index contributed by atoms with van der Waals surface area (Å²) in [6.07, 6.45) is 5.85. The van der Waals surface area contributed by atoms with Gasteiger partial charge in [-0.2, -0.15) is 0 Å². The fourth-order valence-corrected chi connectivity index (χ4v) is 1.71. The molecule has 88 valence electrons. The highest BCUT2D eigenvalue weighted by atomic mass is 16.5. The lowest BCUT2D eigenvalue weighted by atomic mass is 10.2. The third kappa shape index (κ3) is 3.59. The molecule has 1 aromatic carbocycles. The van der Waals surface area contributed by atoms with Gasteiger partial charge in [-0.05, 0) is 23.6 Å². The first kappa shape index (κ1) is 11.6. The minimum absolute atomic E-state index is 0.595. The monoisotopic (exact) mass is 227 g/mol. The number of aryl methyl sites for hydroxylation is 1. The van der Waals surface area contributed by atoms with Crippen LogP contribution >= 0.6 is 0 Å². The quantitative estimate of drug-likeness (QED) is 0.778. The molecule has 1 heterocycles. The van der Waals surface area contributed by atoms with E-state index in [0.29, 0.717) is 6.61 Å². The molecule has 0 bridgehead atoms. The summed E-state index contributed by atoms with van der Waals surface area (Å²) < 4.78 is 5.72. The second-order valence-electron chi connectivity index (χ2n) is 4.05. The van der Waals surface area contributed by atoms with Gasteiger partial charge in [0.25, 0.3) is 0 Å². The summed E-state index contributed by atoms with van der Waals surface area (Å²) in [4.78, 5) is 4.19. The Bertz CT molecular complexity index is 453. The van der Waals surface area contributed by atoms with Crippen LogP contribution in [-0.4, -0.2) is 4.98 Å². The van der Waals surface area contributed by atoms with Crippen molar-refractivity contribution < 1.29 is 4.74 Å². The van der Waals surface area contributed by atoms with Crippen LogP contribution in [0.5, 0.6) is 5.75 Å². The summed E-state index contributed by atoms with van der Waals surface area (Å²) in [6.45, 7) is 2.76. The predicted octanol–water partition coefficient (Wildman–Crippen LogP) is 3.61. The van der Waals surface area contributed by atoms with E-state index in [9.17, 15) is 0 Å². The number of hydrogen-bond acceptors (Lipinski definition) is 2. The van der Waals surface area contributed by atoms with Crippen molar-refractivity contribution in [3.8, 4) is 5.75 Å². The van der Waals surface area contributed by atoms with E-state index in [1.807, 2.05) is 24.4 Å². The number of aromatic nitrogens is 1. The largest absolute Gasteiger partial charge is 0.487 e. The van der Waals surface area contributed by atoms with Crippen LogP contribution in [0.2, 0.25) is 0 Å². The Morgan fingerprint density at radius 1 is 1.06 bits per heavy atom. The lowest BCUT2D eigenvalue weighted by Crippen LogP contribution is -1.96. The van der Waals surface area contributed by atoms with E-state index < -0.39 is 0 Å². The van der Waals surface area contributed by atoms with Gasteiger partial charge in [0, 0.05) is 6.20 Å². The van der Waals surface area contributed by atoms with Gasteiger partial charge in [-0.15, -0.1) is 0 Å². The van der Waals surface area contributed by atoms with Gasteiger partial charge in [0.05, 0.1) is 6.20 Å². The molecule has 0 spiro atoms. The number of ether oxygens (including phenoxy) is 1. The van der Waals surface area contributed by atoms with Gasteiger partial charge in [-0.25, -0.2) is 0 Å². The summed E-state index contributed by atoms with van der Waals surface area (Å²) in [7, 11) is 0. The molecule has 0 aliphatic heterocycles. The van der Waals surface area contributed by atoms with E-state index in [1.54, 1.807) is 6.20 Å². The van der Waals surface area contributed by atoms with Crippen molar-refractivity contribution in [1.82, 2.24) is 4.98 Å². The Morgan fingerprint density at radius 3 is 2.65 bits per heavy atom. The van der Waals surface area contributed by atoms with E-state index in [2.05, 4.69) is 30.1 Å². The van der Waals surface area contributed by atoms with Gasteiger partial charge in [0.2, 0.25) is 0 Å². The van der Waals surface area contributed by atoms with Gasteiger partial charge in [-0.3, -0.25) is 4.98 Å². The predicted molar refractivity (Wildman–Crippen MR) is 69.0 cm³/mol. The van der Waals surface area contributed by atoms with E-state index in [1.165, 1.54) is 11.1 Å². The second kappa shape index (κ2) is 6.04. The fourth-order valence-electron chi connectivity index (χ4n) is 1.71. The van der Waals surface area contributed by atoms with E-state index in [4.69, 9.17) is 4.74 Å². The van der Waals surface area contributed by atoms with Crippen LogP contribution < -0.4 is 4.74 Å². The lowest BCUT2D eigenvalue weighted by molar-refractivity contribution is 0.304. The molecule has 0 saturated heterocycles. The van der Waals surface area contributed by atoms with Crippen molar-refractivity contribution in [3.63, 3.8) is 0 Å². The third-order valence-corrected chi connectivity index (χ3v) is 2.56. The number of rotatable bonds is 5. The topological polar surface area (TPSA) is 22.1 Å². The maximum absolute atomic E-state index is 5.72.